The van der Waals surface area contributed by atoms with Gasteiger partial charge in [0.05, 0.1) is 16.8 Å². The number of aromatic nitrogens is 1. The number of amides is 1. The molecule has 4 rings (SSSR count). The quantitative estimate of drug-likeness (QED) is 0.493. The molecule has 162 valence electrons. The zero-order valence-corrected chi connectivity index (χ0v) is 19.1. The van der Waals surface area contributed by atoms with E-state index in [0.717, 1.165) is 35.0 Å². The van der Waals surface area contributed by atoms with Gasteiger partial charge in [-0.25, -0.2) is 4.98 Å². The first kappa shape index (κ1) is 21.8. The fraction of sp³-hybridized carbons (Fsp3) is 0.385. The first-order valence-electron chi connectivity index (χ1n) is 11.2. The van der Waals surface area contributed by atoms with Crippen LogP contribution in [0.5, 0.6) is 0 Å². The van der Waals surface area contributed by atoms with Gasteiger partial charge in [-0.3, -0.25) is 4.79 Å². The summed E-state index contributed by atoms with van der Waals surface area (Å²) in [4.78, 5) is 20.5. The number of pyridine rings is 1. The van der Waals surface area contributed by atoms with Crippen LogP contribution in [0.15, 0.2) is 48.5 Å². The number of benzene rings is 2. The van der Waals surface area contributed by atoms with E-state index in [2.05, 4.69) is 17.1 Å². The molecule has 1 N–H and O–H groups in total. The summed E-state index contributed by atoms with van der Waals surface area (Å²) in [6.07, 6.45) is 4.84. The number of halogens is 1. The van der Waals surface area contributed by atoms with E-state index >= 15 is 0 Å². The molecule has 1 aliphatic heterocycles. The van der Waals surface area contributed by atoms with E-state index in [1.807, 2.05) is 55.5 Å². The van der Waals surface area contributed by atoms with Gasteiger partial charge >= 0.3 is 0 Å². The van der Waals surface area contributed by atoms with Gasteiger partial charge in [0.25, 0.3) is 5.91 Å². The molecule has 4 nitrogen and oxygen atoms in total. The van der Waals surface area contributed by atoms with Crippen molar-refractivity contribution in [3.63, 3.8) is 0 Å². The molecule has 1 aliphatic rings. The number of hydrogen-bond donors (Lipinski definition) is 1. The van der Waals surface area contributed by atoms with E-state index in [1.165, 1.54) is 25.8 Å². The van der Waals surface area contributed by atoms with Crippen molar-refractivity contribution in [2.24, 2.45) is 0 Å². The molecular formula is C26H30ClN3O. The minimum Gasteiger partial charge on any atom is -0.352 e. The van der Waals surface area contributed by atoms with Gasteiger partial charge in [0.15, 0.2) is 0 Å². The highest BCUT2D eigenvalue weighted by molar-refractivity contribution is 6.33. The van der Waals surface area contributed by atoms with Gasteiger partial charge in [-0.15, -0.1) is 0 Å². The lowest BCUT2D eigenvalue weighted by Crippen LogP contribution is -2.39. The average molecular weight is 436 g/mol. The summed E-state index contributed by atoms with van der Waals surface area (Å²) in [5, 5.41) is 4.63. The van der Waals surface area contributed by atoms with Gasteiger partial charge in [0.2, 0.25) is 0 Å². The van der Waals surface area contributed by atoms with Crippen molar-refractivity contribution in [3.8, 4) is 11.3 Å². The average Bonchev–Trinajstić information content (AvgIpc) is 2.77. The molecule has 0 bridgehead atoms. The Morgan fingerprint density at radius 3 is 2.84 bits per heavy atom. The van der Waals surface area contributed by atoms with Gasteiger partial charge in [-0.2, -0.15) is 0 Å². The Morgan fingerprint density at radius 1 is 1.19 bits per heavy atom. The van der Waals surface area contributed by atoms with Crippen LogP contribution in [0.2, 0.25) is 5.02 Å². The van der Waals surface area contributed by atoms with Crippen LogP contribution in [0.4, 0.5) is 0 Å². The molecule has 0 saturated carbocycles. The lowest BCUT2D eigenvalue weighted by Gasteiger charge is -2.33. The second-order valence-corrected chi connectivity index (χ2v) is 8.95. The third-order valence-electron chi connectivity index (χ3n) is 6.21. The van der Waals surface area contributed by atoms with Crippen LogP contribution >= 0.6 is 11.6 Å². The van der Waals surface area contributed by atoms with Crippen molar-refractivity contribution < 1.29 is 4.79 Å². The van der Waals surface area contributed by atoms with Crippen molar-refractivity contribution in [2.45, 2.75) is 45.6 Å². The largest absolute Gasteiger partial charge is 0.352 e. The first-order valence-corrected chi connectivity index (χ1v) is 11.6. The lowest BCUT2D eigenvalue weighted by molar-refractivity contribution is 0.0950. The lowest BCUT2D eigenvalue weighted by atomic mass is 10.0. The van der Waals surface area contributed by atoms with E-state index in [-0.39, 0.29) is 5.91 Å². The van der Waals surface area contributed by atoms with Crippen molar-refractivity contribution in [3.05, 3.63) is 64.7 Å². The number of rotatable bonds is 6. The number of fused-ring (bicyclic) bond motifs is 1. The summed E-state index contributed by atoms with van der Waals surface area (Å²) in [5.74, 6) is -0.0574. The molecule has 0 aliphatic carbocycles. The molecule has 0 spiro atoms. The molecule has 31 heavy (non-hydrogen) atoms. The molecule has 1 amide bonds. The number of piperidine rings is 1. The Balaban J connectivity index is 1.54. The topological polar surface area (TPSA) is 45.2 Å². The molecular weight excluding hydrogens is 406 g/mol. The molecule has 1 aromatic heterocycles. The van der Waals surface area contributed by atoms with Crippen LogP contribution in [-0.2, 0) is 0 Å². The molecule has 1 fully saturated rings. The molecule has 2 heterocycles. The number of aryl methyl sites for hydroxylation is 1. The third-order valence-corrected chi connectivity index (χ3v) is 6.54. The summed E-state index contributed by atoms with van der Waals surface area (Å²) < 4.78 is 0. The normalized spacial score (nSPS) is 17.1. The summed E-state index contributed by atoms with van der Waals surface area (Å²) >= 11 is 6.41. The Labute approximate surface area is 189 Å². The first-order chi connectivity index (χ1) is 15.0. The van der Waals surface area contributed by atoms with Gasteiger partial charge in [-0.1, -0.05) is 47.9 Å². The number of carbonyl (C=O) groups excluding carboxylic acids is 1. The summed E-state index contributed by atoms with van der Waals surface area (Å²) in [5.41, 5.74) is 4.10. The summed E-state index contributed by atoms with van der Waals surface area (Å²) in [7, 11) is 0. The molecule has 5 heteroatoms. The predicted octanol–water partition coefficient (Wildman–Crippen LogP) is 5.86. The van der Waals surface area contributed by atoms with Crippen LogP contribution in [0.3, 0.4) is 0 Å². The second-order valence-electron chi connectivity index (χ2n) is 8.55. The minimum atomic E-state index is -0.0574. The zero-order valence-electron chi connectivity index (χ0n) is 18.3. The van der Waals surface area contributed by atoms with Gasteiger partial charge in [0, 0.05) is 35.1 Å². The monoisotopic (exact) mass is 435 g/mol. The smallest absolute Gasteiger partial charge is 0.252 e. The molecule has 1 unspecified atom stereocenters. The summed E-state index contributed by atoms with van der Waals surface area (Å²) in [6.45, 7) is 7.20. The van der Waals surface area contributed by atoms with Crippen LogP contribution < -0.4 is 5.32 Å². The molecule has 1 atom stereocenters. The standard InChI is InChI=1S/C26H30ClN3O/c1-18-11-12-24-21(16-18)22(17-25(29-24)20-9-3-4-10-23(20)27)26(31)28-13-7-15-30-14-6-5-8-19(30)2/h3-4,9-12,16-17,19H,5-8,13-15H2,1-2H3,(H,28,31). The minimum absolute atomic E-state index is 0.0574. The molecule has 0 radical (unpaired) electrons. The van der Waals surface area contributed by atoms with Crippen molar-refractivity contribution >= 4 is 28.4 Å². The number of nitrogens with zero attached hydrogens (tertiary/aromatic N) is 2. The molecule has 1 saturated heterocycles. The highest BCUT2D eigenvalue weighted by Crippen LogP contribution is 2.30. The summed E-state index contributed by atoms with van der Waals surface area (Å²) in [6, 6.07) is 16.2. The van der Waals surface area contributed by atoms with E-state index in [1.54, 1.807) is 0 Å². The van der Waals surface area contributed by atoms with Crippen molar-refractivity contribution in [2.75, 3.05) is 19.6 Å². The van der Waals surface area contributed by atoms with E-state index in [0.29, 0.717) is 28.9 Å². The van der Waals surface area contributed by atoms with Crippen LogP contribution in [0.1, 0.15) is 48.5 Å². The van der Waals surface area contributed by atoms with E-state index in [9.17, 15) is 4.79 Å². The number of likely N-dealkylation sites (tertiary alicyclic amines) is 1. The van der Waals surface area contributed by atoms with Crippen LogP contribution in [-0.4, -0.2) is 41.5 Å². The number of carbonyl (C=O) groups is 1. The van der Waals surface area contributed by atoms with Crippen molar-refractivity contribution in [1.29, 1.82) is 0 Å². The van der Waals surface area contributed by atoms with Gasteiger partial charge in [0.1, 0.15) is 0 Å². The van der Waals surface area contributed by atoms with E-state index in [4.69, 9.17) is 16.6 Å². The van der Waals surface area contributed by atoms with E-state index < -0.39 is 0 Å². The Hall–Kier alpha value is -2.43. The van der Waals surface area contributed by atoms with Crippen molar-refractivity contribution in [1.82, 2.24) is 15.2 Å². The Bertz CT molecular complexity index is 1080. The highest BCUT2D eigenvalue weighted by Gasteiger charge is 2.18. The van der Waals surface area contributed by atoms with Gasteiger partial charge in [-0.05, 0) is 63.9 Å². The SMILES string of the molecule is Cc1ccc2nc(-c3ccccc3Cl)cc(C(=O)NCCCN3CCCCC3C)c2c1. The zero-order chi connectivity index (χ0) is 21.8. The number of nitrogens with one attached hydrogen (secondary N) is 1. The predicted molar refractivity (Wildman–Crippen MR) is 129 cm³/mol. The molecule has 3 aromatic rings. The van der Waals surface area contributed by atoms with Crippen LogP contribution in [0.25, 0.3) is 22.2 Å². The highest BCUT2D eigenvalue weighted by atomic mass is 35.5. The van der Waals surface area contributed by atoms with Gasteiger partial charge < -0.3 is 10.2 Å². The second kappa shape index (κ2) is 9.80. The number of hydrogen-bond acceptors (Lipinski definition) is 3. The maximum Gasteiger partial charge on any atom is 0.252 e. The Kier molecular flexibility index (Phi) is 6.89. The maximum atomic E-state index is 13.2. The maximum absolute atomic E-state index is 13.2. The fourth-order valence-corrected chi connectivity index (χ4v) is 4.64. The Morgan fingerprint density at radius 2 is 2.03 bits per heavy atom. The third kappa shape index (κ3) is 5.08. The van der Waals surface area contributed by atoms with Crippen LogP contribution in [0, 0.1) is 6.92 Å². The fourth-order valence-electron chi connectivity index (χ4n) is 4.40. The molecule has 2 aromatic carbocycles.